The van der Waals surface area contributed by atoms with E-state index in [9.17, 15) is 0 Å². The van der Waals surface area contributed by atoms with E-state index >= 15 is 0 Å². The smallest absolute Gasteiger partial charge is 0.191 e. The number of hydrogen-bond acceptors (Lipinski definition) is 2. The van der Waals surface area contributed by atoms with Crippen LogP contribution in [0.4, 0.5) is 0 Å². The van der Waals surface area contributed by atoms with Crippen molar-refractivity contribution in [2.24, 2.45) is 4.99 Å². The first kappa shape index (κ1) is 21.0. The highest BCUT2D eigenvalue weighted by atomic mass is 127. The second kappa shape index (κ2) is 11.4. The van der Waals surface area contributed by atoms with Crippen LogP contribution in [0.1, 0.15) is 44.2 Å². The molecule has 6 heteroatoms. The maximum absolute atomic E-state index is 5.96. The highest BCUT2D eigenvalue weighted by Gasteiger charge is 2.12. The van der Waals surface area contributed by atoms with Crippen molar-refractivity contribution in [3.8, 4) is 0 Å². The first-order valence-corrected chi connectivity index (χ1v) is 9.48. The SMILES string of the molecule is CN=C(NCCCOC1CCCCC1)NCc1cc2ccccc2[nH]1.I. The molecule has 0 unspecified atom stereocenters. The number of hydrogen-bond donors (Lipinski definition) is 3. The van der Waals surface area contributed by atoms with Crippen molar-refractivity contribution in [1.82, 2.24) is 15.6 Å². The average molecular weight is 470 g/mol. The molecule has 5 nitrogen and oxygen atoms in total. The molecule has 0 aliphatic heterocycles. The topological polar surface area (TPSA) is 61.4 Å². The third-order valence-corrected chi connectivity index (χ3v) is 4.77. The Hall–Kier alpha value is -1.28. The molecule has 144 valence electrons. The highest BCUT2D eigenvalue weighted by molar-refractivity contribution is 14.0. The molecule has 0 bridgehead atoms. The number of nitrogens with zero attached hydrogens (tertiary/aromatic N) is 1. The Labute approximate surface area is 173 Å². The van der Waals surface area contributed by atoms with Crippen LogP contribution in [0, 0.1) is 0 Å². The van der Waals surface area contributed by atoms with E-state index in [1.807, 2.05) is 6.07 Å². The van der Waals surface area contributed by atoms with Gasteiger partial charge in [-0.2, -0.15) is 0 Å². The molecule has 1 saturated carbocycles. The molecule has 3 N–H and O–H groups in total. The van der Waals surface area contributed by atoms with E-state index in [0.717, 1.165) is 37.8 Å². The Morgan fingerprint density at radius 2 is 2.00 bits per heavy atom. The van der Waals surface area contributed by atoms with E-state index in [0.29, 0.717) is 6.10 Å². The number of aromatic nitrogens is 1. The second-order valence-corrected chi connectivity index (χ2v) is 6.72. The Bertz CT molecular complexity index is 646. The molecule has 0 atom stereocenters. The fraction of sp³-hybridized carbons (Fsp3) is 0.550. The van der Waals surface area contributed by atoms with E-state index < -0.39 is 0 Å². The lowest BCUT2D eigenvalue weighted by Crippen LogP contribution is -2.37. The summed E-state index contributed by atoms with van der Waals surface area (Å²) in [6.45, 7) is 2.43. The third kappa shape index (κ3) is 6.46. The number of benzene rings is 1. The molecule has 1 aromatic heterocycles. The van der Waals surface area contributed by atoms with Gasteiger partial charge in [-0.25, -0.2) is 0 Å². The van der Waals surface area contributed by atoms with Crippen molar-refractivity contribution in [3.05, 3.63) is 36.0 Å². The van der Waals surface area contributed by atoms with Crippen molar-refractivity contribution in [2.45, 2.75) is 51.2 Å². The number of nitrogens with one attached hydrogen (secondary N) is 3. The molecular weight excluding hydrogens is 439 g/mol. The molecule has 1 aromatic carbocycles. The minimum absolute atomic E-state index is 0. The van der Waals surface area contributed by atoms with Gasteiger partial charge in [0.2, 0.25) is 0 Å². The van der Waals surface area contributed by atoms with Crippen molar-refractivity contribution < 1.29 is 4.74 Å². The average Bonchev–Trinajstić information content (AvgIpc) is 3.08. The largest absolute Gasteiger partial charge is 0.378 e. The summed E-state index contributed by atoms with van der Waals surface area (Å²) in [5.41, 5.74) is 2.33. The van der Waals surface area contributed by atoms with Gasteiger partial charge in [0, 0.05) is 31.4 Å². The van der Waals surface area contributed by atoms with Gasteiger partial charge >= 0.3 is 0 Å². The van der Waals surface area contributed by atoms with Gasteiger partial charge in [-0.1, -0.05) is 37.5 Å². The first-order valence-electron chi connectivity index (χ1n) is 9.48. The van der Waals surface area contributed by atoms with Crippen LogP contribution in [-0.2, 0) is 11.3 Å². The Morgan fingerprint density at radius 3 is 2.77 bits per heavy atom. The number of para-hydroxylation sites is 1. The van der Waals surface area contributed by atoms with Crippen LogP contribution in [0.3, 0.4) is 0 Å². The van der Waals surface area contributed by atoms with Crippen molar-refractivity contribution in [3.63, 3.8) is 0 Å². The van der Waals surface area contributed by atoms with Crippen LogP contribution in [0.5, 0.6) is 0 Å². The molecule has 3 rings (SSSR count). The number of aromatic amines is 1. The lowest BCUT2D eigenvalue weighted by atomic mass is 9.98. The molecule has 1 heterocycles. The number of rotatable bonds is 7. The second-order valence-electron chi connectivity index (χ2n) is 6.72. The predicted molar refractivity (Wildman–Crippen MR) is 119 cm³/mol. The normalized spacial score (nSPS) is 15.7. The maximum atomic E-state index is 5.96. The molecule has 0 amide bonds. The van der Waals surface area contributed by atoms with Gasteiger partial charge in [0.1, 0.15) is 0 Å². The minimum atomic E-state index is 0. The summed E-state index contributed by atoms with van der Waals surface area (Å²) in [6.07, 6.45) is 8.00. The van der Waals surface area contributed by atoms with Crippen LogP contribution in [0.25, 0.3) is 10.9 Å². The monoisotopic (exact) mass is 470 g/mol. The van der Waals surface area contributed by atoms with Crippen LogP contribution in [0.15, 0.2) is 35.3 Å². The molecule has 2 aromatic rings. The fourth-order valence-corrected chi connectivity index (χ4v) is 3.39. The highest BCUT2D eigenvalue weighted by Crippen LogP contribution is 2.20. The molecule has 0 radical (unpaired) electrons. The van der Waals surface area contributed by atoms with Gasteiger partial charge < -0.3 is 20.4 Å². The maximum Gasteiger partial charge on any atom is 0.191 e. The minimum Gasteiger partial charge on any atom is -0.378 e. The molecule has 1 fully saturated rings. The number of ether oxygens (including phenoxy) is 1. The number of aliphatic imine (C=N–C) groups is 1. The molecule has 0 spiro atoms. The number of fused-ring (bicyclic) bond motifs is 1. The van der Waals surface area contributed by atoms with Gasteiger partial charge in [0.25, 0.3) is 0 Å². The van der Waals surface area contributed by atoms with Gasteiger partial charge in [-0.3, -0.25) is 4.99 Å². The van der Waals surface area contributed by atoms with Crippen LogP contribution in [-0.4, -0.2) is 37.2 Å². The molecule has 0 saturated heterocycles. The third-order valence-electron chi connectivity index (χ3n) is 4.77. The molecule has 1 aliphatic rings. The summed E-state index contributed by atoms with van der Waals surface area (Å²) >= 11 is 0. The molecular formula is C20H31IN4O. The quantitative estimate of drug-likeness (QED) is 0.246. The Kier molecular flexibility index (Phi) is 9.25. The van der Waals surface area contributed by atoms with E-state index in [2.05, 4.69) is 44.9 Å². The zero-order valence-electron chi connectivity index (χ0n) is 15.6. The van der Waals surface area contributed by atoms with Crippen molar-refractivity contribution >= 4 is 40.8 Å². The summed E-state index contributed by atoms with van der Waals surface area (Å²) in [4.78, 5) is 7.71. The van der Waals surface area contributed by atoms with Crippen molar-refractivity contribution in [1.29, 1.82) is 0 Å². The lowest BCUT2D eigenvalue weighted by molar-refractivity contribution is 0.0277. The van der Waals surface area contributed by atoms with Gasteiger partial charge in [0.05, 0.1) is 12.6 Å². The van der Waals surface area contributed by atoms with Crippen LogP contribution >= 0.6 is 24.0 Å². The fourth-order valence-electron chi connectivity index (χ4n) is 3.39. The summed E-state index contributed by atoms with van der Waals surface area (Å²) in [7, 11) is 1.80. The zero-order valence-corrected chi connectivity index (χ0v) is 17.9. The van der Waals surface area contributed by atoms with E-state index in [1.54, 1.807) is 7.05 Å². The van der Waals surface area contributed by atoms with E-state index in [-0.39, 0.29) is 24.0 Å². The molecule has 1 aliphatic carbocycles. The standard InChI is InChI=1S/C20H30N4O.HI/c1-21-20(22-12-7-13-25-18-9-3-2-4-10-18)23-15-17-14-16-8-5-6-11-19(16)24-17;/h5-6,8,11,14,18,24H,2-4,7,9-10,12-13,15H2,1H3,(H2,21,22,23);1H. The predicted octanol–water partition coefficient (Wildman–Crippen LogP) is 4.19. The van der Waals surface area contributed by atoms with Crippen molar-refractivity contribution in [2.75, 3.05) is 20.2 Å². The Morgan fingerprint density at radius 1 is 1.19 bits per heavy atom. The summed E-state index contributed by atoms with van der Waals surface area (Å²) in [5.74, 6) is 0.830. The summed E-state index contributed by atoms with van der Waals surface area (Å²) in [6, 6.07) is 10.5. The van der Waals surface area contributed by atoms with E-state index in [4.69, 9.17) is 4.74 Å². The van der Waals surface area contributed by atoms with Gasteiger partial charge in [0.15, 0.2) is 5.96 Å². The Balaban J connectivity index is 0.00000243. The summed E-state index contributed by atoms with van der Waals surface area (Å²) in [5, 5.41) is 7.95. The van der Waals surface area contributed by atoms with E-state index in [1.165, 1.54) is 43.0 Å². The van der Waals surface area contributed by atoms with Gasteiger partial charge in [-0.15, -0.1) is 24.0 Å². The van der Waals surface area contributed by atoms with Crippen LogP contribution < -0.4 is 10.6 Å². The number of halogens is 1. The summed E-state index contributed by atoms with van der Waals surface area (Å²) < 4.78 is 5.96. The molecule has 26 heavy (non-hydrogen) atoms. The lowest BCUT2D eigenvalue weighted by Gasteiger charge is -2.22. The van der Waals surface area contributed by atoms with Gasteiger partial charge in [-0.05, 0) is 36.8 Å². The number of guanidine groups is 1. The van der Waals surface area contributed by atoms with Crippen LogP contribution in [0.2, 0.25) is 0 Å². The zero-order chi connectivity index (χ0) is 17.3. The first-order chi connectivity index (χ1) is 12.3. The number of H-pyrrole nitrogens is 1.